The molecule has 2 aromatic rings. The summed E-state index contributed by atoms with van der Waals surface area (Å²) in [5, 5.41) is 0.410. The molecule has 1 atom stereocenters. The Morgan fingerprint density at radius 1 is 1.50 bits per heavy atom. The quantitative estimate of drug-likeness (QED) is 0.904. The van der Waals surface area contributed by atoms with E-state index in [1.54, 1.807) is 12.1 Å². The van der Waals surface area contributed by atoms with Gasteiger partial charge in [-0.05, 0) is 12.1 Å². The fourth-order valence-corrected chi connectivity index (χ4v) is 3.96. The molecule has 3 rings (SSSR count). The minimum atomic E-state index is -0.820. The van der Waals surface area contributed by atoms with Gasteiger partial charge in [0.15, 0.2) is 6.10 Å². The van der Waals surface area contributed by atoms with Gasteiger partial charge in [-0.25, -0.2) is 4.39 Å². The van der Waals surface area contributed by atoms with Gasteiger partial charge in [0.2, 0.25) is 5.91 Å². The number of hydrogen-bond acceptors (Lipinski definition) is 5. The molecule has 2 amide bonds. The zero-order valence-corrected chi connectivity index (χ0v) is 13.9. The van der Waals surface area contributed by atoms with E-state index in [9.17, 15) is 14.0 Å². The molecule has 0 bridgehead atoms. The number of nitrogens with two attached hydrogens (primary N) is 1. The number of rotatable bonds is 4. The molecule has 8 heteroatoms. The molecule has 1 unspecified atom stereocenters. The van der Waals surface area contributed by atoms with Crippen LogP contribution in [0.15, 0.2) is 18.2 Å². The molecule has 1 saturated heterocycles. The van der Waals surface area contributed by atoms with Gasteiger partial charge in [-0.2, -0.15) is 0 Å². The van der Waals surface area contributed by atoms with E-state index in [0.717, 1.165) is 0 Å². The summed E-state index contributed by atoms with van der Waals surface area (Å²) in [6.45, 7) is 0.812. The zero-order chi connectivity index (χ0) is 17.3. The molecule has 24 heavy (non-hydrogen) atoms. The van der Waals surface area contributed by atoms with Crippen LogP contribution in [-0.2, 0) is 20.9 Å². The molecule has 1 aromatic carbocycles. The number of morpholine rings is 1. The number of thiophene rings is 1. The van der Waals surface area contributed by atoms with Crippen molar-refractivity contribution in [1.82, 2.24) is 4.90 Å². The number of carbonyl (C=O) groups excluding carboxylic acids is 2. The second-order valence-corrected chi connectivity index (χ2v) is 6.52. The van der Waals surface area contributed by atoms with Crippen molar-refractivity contribution in [1.29, 1.82) is 0 Å². The van der Waals surface area contributed by atoms with Crippen molar-refractivity contribution in [2.45, 2.75) is 12.7 Å². The lowest BCUT2D eigenvalue weighted by Gasteiger charge is -2.31. The summed E-state index contributed by atoms with van der Waals surface area (Å²) in [5.41, 5.74) is 5.79. The highest BCUT2D eigenvalue weighted by atomic mass is 32.1. The third kappa shape index (κ3) is 3.00. The van der Waals surface area contributed by atoms with Crippen molar-refractivity contribution in [3.63, 3.8) is 0 Å². The predicted octanol–water partition coefficient (Wildman–Crippen LogP) is 1.51. The van der Waals surface area contributed by atoms with Crippen molar-refractivity contribution in [3.05, 3.63) is 34.5 Å². The summed E-state index contributed by atoms with van der Waals surface area (Å²) in [6, 6.07) is 4.74. The van der Waals surface area contributed by atoms with Crippen LogP contribution in [0.2, 0.25) is 0 Å². The highest BCUT2D eigenvalue weighted by Crippen LogP contribution is 2.34. The van der Waals surface area contributed by atoms with E-state index in [2.05, 4.69) is 0 Å². The molecule has 0 saturated carbocycles. The molecular formula is C16H17FN2O4S. The van der Waals surface area contributed by atoms with Crippen LogP contribution in [-0.4, -0.2) is 49.6 Å². The average molecular weight is 352 g/mol. The maximum Gasteiger partial charge on any atom is 0.264 e. The van der Waals surface area contributed by atoms with Crippen LogP contribution in [0.25, 0.3) is 10.1 Å². The number of hydrogen-bond donors (Lipinski definition) is 1. The van der Waals surface area contributed by atoms with Gasteiger partial charge in [0.25, 0.3) is 5.91 Å². The van der Waals surface area contributed by atoms with Crippen molar-refractivity contribution in [2.75, 3.05) is 26.8 Å². The molecule has 128 valence electrons. The Balaban J connectivity index is 1.99. The predicted molar refractivity (Wildman–Crippen MR) is 87.3 cm³/mol. The van der Waals surface area contributed by atoms with E-state index < -0.39 is 12.0 Å². The number of benzene rings is 1. The van der Waals surface area contributed by atoms with Crippen LogP contribution < -0.4 is 5.73 Å². The summed E-state index contributed by atoms with van der Waals surface area (Å²) in [7, 11) is 1.50. The summed E-state index contributed by atoms with van der Waals surface area (Å²) in [6.07, 6.45) is -0.820. The summed E-state index contributed by atoms with van der Waals surface area (Å²) in [4.78, 5) is 26.1. The number of carbonyl (C=O) groups is 2. The van der Waals surface area contributed by atoms with Gasteiger partial charge < -0.3 is 20.1 Å². The van der Waals surface area contributed by atoms with Gasteiger partial charge in [0.1, 0.15) is 5.82 Å². The van der Waals surface area contributed by atoms with Crippen molar-refractivity contribution in [3.8, 4) is 0 Å². The lowest BCUT2D eigenvalue weighted by atomic mass is 10.1. The van der Waals surface area contributed by atoms with Crippen LogP contribution in [0.4, 0.5) is 4.39 Å². The summed E-state index contributed by atoms with van der Waals surface area (Å²) >= 11 is 1.22. The molecule has 1 aliphatic rings. The number of amides is 2. The Bertz CT molecular complexity index is 792. The van der Waals surface area contributed by atoms with E-state index in [0.29, 0.717) is 27.1 Å². The highest BCUT2D eigenvalue weighted by Gasteiger charge is 2.31. The molecule has 1 aromatic heterocycles. The van der Waals surface area contributed by atoms with Gasteiger partial charge in [0.05, 0.1) is 24.6 Å². The first-order valence-electron chi connectivity index (χ1n) is 7.42. The largest absolute Gasteiger partial charge is 0.380 e. The molecule has 1 aliphatic heterocycles. The molecular weight excluding hydrogens is 335 g/mol. The van der Waals surface area contributed by atoms with Crippen molar-refractivity contribution < 1.29 is 23.5 Å². The second-order valence-electron chi connectivity index (χ2n) is 5.47. The lowest BCUT2D eigenvalue weighted by molar-refractivity contribution is -0.133. The van der Waals surface area contributed by atoms with Crippen LogP contribution in [0.3, 0.4) is 0 Å². The van der Waals surface area contributed by atoms with Crippen LogP contribution in [0.5, 0.6) is 0 Å². The molecule has 2 N–H and O–H groups in total. The molecule has 1 fully saturated rings. The number of primary amides is 1. The molecule has 0 aliphatic carbocycles. The lowest BCUT2D eigenvalue weighted by Crippen LogP contribution is -2.50. The zero-order valence-electron chi connectivity index (χ0n) is 13.1. The van der Waals surface area contributed by atoms with Gasteiger partial charge >= 0.3 is 0 Å². The molecule has 0 radical (unpaired) electrons. The summed E-state index contributed by atoms with van der Waals surface area (Å²) < 4.78 is 25.3. The third-order valence-corrected chi connectivity index (χ3v) is 5.10. The van der Waals surface area contributed by atoms with E-state index in [1.165, 1.54) is 29.4 Å². The number of fused-ring (bicyclic) bond motifs is 1. The maximum atomic E-state index is 14.2. The van der Waals surface area contributed by atoms with Gasteiger partial charge in [-0.3, -0.25) is 9.59 Å². The van der Waals surface area contributed by atoms with Gasteiger partial charge in [0, 0.05) is 29.3 Å². The smallest absolute Gasteiger partial charge is 0.264 e. The van der Waals surface area contributed by atoms with Gasteiger partial charge in [-0.1, -0.05) is 6.07 Å². The molecule has 6 nitrogen and oxygen atoms in total. The van der Waals surface area contributed by atoms with Crippen LogP contribution in [0.1, 0.15) is 15.2 Å². The number of nitrogens with zero attached hydrogens (tertiary/aromatic N) is 1. The first-order chi connectivity index (χ1) is 11.5. The van der Waals surface area contributed by atoms with Gasteiger partial charge in [-0.15, -0.1) is 11.3 Å². The Morgan fingerprint density at radius 3 is 3.00 bits per heavy atom. The normalized spacial score (nSPS) is 18.1. The Morgan fingerprint density at radius 2 is 2.29 bits per heavy atom. The average Bonchev–Trinajstić information content (AvgIpc) is 2.94. The Labute approximate surface area is 141 Å². The fourth-order valence-electron chi connectivity index (χ4n) is 2.77. The Hall–Kier alpha value is -2.03. The molecule has 2 heterocycles. The third-order valence-electron chi connectivity index (χ3n) is 3.92. The minimum Gasteiger partial charge on any atom is -0.380 e. The minimum absolute atomic E-state index is 0.0946. The topological polar surface area (TPSA) is 81.9 Å². The number of ether oxygens (including phenoxy) is 2. The SMILES string of the molecule is COCc1c(C(=O)N2CCOC(C(N)=O)C2)sc2cccc(F)c12. The van der Waals surface area contributed by atoms with Crippen molar-refractivity contribution >= 4 is 33.2 Å². The molecule has 0 spiro atoms. The van der Waals surface area contributed by atoms with E-state index in [4.69, 9.17) is 15.2 Å². The second kappa shape index (κ2) is 6.84. The van der Waals surface area contributed by atoms with Crippen LogP contribution in [0, 0.1) is 5.82 Å². The first-order valence-corrected chi connectivity index (χ1v) is 8.23. The summed E-state index contributed by atoms with van der Waals surface area (Å²) in [5.74, 6) is -1.25. The fraction of sp³-hybridized carbons (Fsp3) is 0.375. The van der Waals surface area contributed by atoms with E-state index >= 15 is 0 Å². The Kier molecular flexibility index (Phi) is 4.79. The first kappa shape index (κ1) is 16.8. The van der Waals surface area contributed by atoms with E-state index in [-0.39, 0.29) is 31.5 Å². The monoisotopic (exact) mass is 352 g/mol. The number of methoxy groups -OCH3 is 1. The van der Waals surface area contributed by atoms with Crippen molar-refractivity contribution in [2.24, 2.45) is 5.73 Å². The maximum absolute atomic E-state index is 14.2. The number of halogens is 1. The standard InChI is InChI=1S/C16H17FN2O4S/c1-22-8-9-13-10(17)3-2-4-12(13)24-14(9)16(21)19-5-6-23-11(7-19)15(18)20/h2-4,11H,5-8H2,1H3,(H2,18,20). The highest BCUT2D eigenvalue weighted by molar-refractivity contribution is 7.21. The van der Waals surface area contributed by atoms with Crippen LogP contribution >= 0.6 is 11.3 Å². The van der Waals surface area contributed by atoms with E-state index in [1.807, 2.05) is 0 Å².